The van der Waals surface area contributed by atoms with Crippen LogP contribution in [0.1, 0.15) is 22.3 Å². The summed E-state index contributed by atoms with van der Waals surface area (Å²) in [6.07, 6.45) is 0. The first-order valence-electron chi connectivity index (χ1n) is 20.9. The van der Waals surface area contributed by atoms with Gasteiger partial charge in [0.15, 0.2) is 17.5 Å². The summed E-state index contributed by atoms with van der Waals surface area (Å²) in [5, 5.41) is 7.22. The van der Waals surface area contributed by atoms with Gasteiger partial charge in [0.1, 0.15) is 0 Å². The number of hydrogen-bond acceptors (Lipinski definition) is 3. The summed E-state index contributed by atoms with van der Waals surface area (Å²) in [5.74, 6) is 1.95. The molecule has 1 aliphatic carbocycles. The summed E-state index contributed by atoms with van der Waals surface area (Å²) in [6.45, 7) is 0. The molecule has 10 aromatic carbocycles. The highest BCUT2D eigenvalue weighted by molar-refractivity contribution is 6.26. The molecule has 1 aromatic heterocycles. The van der Waals surface area contributed by atoms with E-state index in [0.717, 1.165) is 22.1 Å². The van der Waals surface area contributed by atoms with Crippen molar-refractivity contribution in [2.45, 2.75) is 5.41 Å². The van der Waals surface area contributed by atoms with E-state index in [1.54, 1.807) is 0 Å². The summed E-state index contributed by atoms with van der Waals surface area (Å²) < 4.78 is 0. The van der Waals surface area contributed by atoms with E-state index in [2.05, 4.69) is 188 Å². The summed E-state index contributed by atoms with van der Waals surface area (Å²) in [4.78, 5) is 15.1. The molecule has 0 amide bonds. The normalized spacial score (nSPS) is 12.7. The second-order valence-electron chi connectivity index (χ2n) is 15.9. The lowest BCUT2D eigenvalue weighted by molar-refractivity contribution is 0.769. The van der Waals surface area contributed by atoms with Gasteiger partial charge in [-0.05, 0) is 95.0 Å². The Hall–Kier alpha value is -8.01. The number of aromatic nitrogens is 3. The summed E-state index contributed by atoms with van der Waals surface area (Å²) in [5.41, 5.74) is 12.5. The molecule has 12 rings (SSSR count). The molecule has 1 aliphatic rings. The average molecular weight is 776 g/mol. The number of nitrogens with zero attached hydrogens (tertiary/aromatic N) is 3. The van der Waals surface area contributed by atoms with Gasteiger partial charge in [0.05, 0.1) is 5.41 Å². The van der Waals surface area contributed by atoms with E-state index in [1.807, 2.05) is 36.4 Å². The van der Waals surface area contributed by atoms with E-state index in [0.29, 0.717) is 17.5 Å². The Kier molecular flexibility index (Phi) is 8.07. The fraction of sp³-hybridized carbons (Fsp3) is 0.0172. The molecule has 61 heavy (non-hydrogen) atoms. The molecule has 0 bridgehead atoms. The molecule has 0 unspecified atom stereocenters. The molecule has 0 radical (unpaired) electrons. The van der Waals surface area contributed by atoms with Crippen LogP contribution in [-0.4, -0.2) is 15.0 Å². The van der Waals surface area contributed by atoms with Crippen LogP contribution in [0.4, 0.5) is 0 Å². The number of benzene rings is 10. The molecule has 0 fully saturated rings. The molecule has 1 heterocycles. The van der Waals surface area contributed by atoms with Gasteiger partial charge >= 0.3 is 0 Å². The second kappa shape index (κ2) is 14.1. The number of hydrogen-bond donors (Lipinski definition) is 0. The van der Waals surface area contributed by atoms with Gasteiger partial charge in [-0.25, -0.2) is 15.0 Å². The fourth-order valence-corrected chi connectivity index (χ4v) is 9.84. The van der Waals surface area contributed by atoms with Gasteiger partial charge in [-0.2, -0.15) is 0 Å². The van der Waals surface area contributed by atoms with Crippen molar-refractivity contribution in [2.75, 3.05) is 0 Å². The number of rotatable bonds is 6. The minimum absolute atomic E-state index is 0.462. The fourth-order valence-electron chi connectivity index (χ4n) is 9.84. The highest BCUT2D eigenvalue weighted by Gasteiger charge is 2.46. The summed E-state index contributed by atoms with van der Waals surface area (Å²) in [7, 11) is 0. The van der Waals surface area contributed by atoms with Gasteiger partial charge in [-0.1, -0.05) is 206 Å². The minimum atomic E-state index is -0.462. The third kappa shape index (κ3) is 5.55. The Morgan fingerprint density at radius 1 is 0.246 bits per heavy atom. The minimum Gasteiger partial charge on any atom is -0.208 e. The van der Waals surface area contributed by atoms with Crippen LogP contribution in [0, 0.1) is 0 Å². The van der Waals surface area contributed by atoms with Gasteiger partial charge in [-0.3, -0.25) is 0 Å². The molecule has 3 heteroatoms. The van der Waals surface area contributed by atoms with E-state index >= 15 is 0 Å². The predicted molar refractivity (Wildman–Crippen MR) is 251 cm³/mol. The molecule has 0 saturated heterocycles. The SMILES string of the molecule is c1ccc(-c2nc(-c3ccccc3)nc(-c3ccc4c5cc(-c6ccc7c(c6)C(c6ccccc6)(c6ccccc6)c6ccccc6-7)ccc5c5ccccc5c4c3)n2)cc1. The zero-order chi connectivity index (χ0) is 40.3. The second-order valence-corrected chi connectivity index (χ2v) is 15.9. The van der Waals surface area contributed by atoms with Crippen molar-refractivity contribution < 1.29 is 0 Å². The quantitative estimate of drug-likeness (QED) is 0.158. The van der Waals surface area contributed by atoms with Crippen molar-refractivity contribution in [3.8, 4) is 56.4 Å². The predicted octanol–water partition coefficient (Wildman–Crippen LogP) is 14.4. The Labute approximate surface area is 354 Å². The van der Waals surface area contributed by atoms with E-state index in [-0.39, 0.29) is 0 Å². The van der Waals surface area contributed by atoms with E-state index in [9.17, 15) is 0 Å². The third-order valence-corrected chi connectivity index (χ3v) is 12.6. The lowest BCUT2D eigenvalue weighted by Crippen LogP contribution is -2.28. The molecule has 0 N–H and O–H groups in total. The highest BCUT2D eigenvalue weighted by atomic mass is 15.0. The first-order valence-corrected chi connectivity index (χ1v) is 20.9. The van der Waals surface area contributed by atoms with E-state index < -0.39 is 5.41 Å². The summed E-state index contributed by atoms with van der Waals surface area (Å²) >= 11 is 0. The molecule has 11 aromatic rings. The first kappa shape index (κ1) is 35.0. The lowest BCUT2D eigenvalue weighted by Gasteiger charge is -2.34. The van der Waals surface area contributed by atoms with Crippen LogP contribution >= 0.6 is 0 Å². The Morgan fingerprint density at radius 2 is 0.639 bits per heavy atom. The van der Waals surface area contributed by atoms with E-state index in [4.69, 9.17) is 15.0 Å². The molecule has 0 saturated carbocycles. The smallest absolute Gasteiger partial charge is 0.164 e. The van der Waals surface area contributed by atoms with Gasteiger partial charge in [0, 0.05) is 16.7 Å². The summed E-state index contributed by atoms with van der Waals surface area (Å²) in [6, 6.07) is 80.8. The Bertz CT molecular complexity index is 3360. The van der Waals surface area contributed by atoms with Crippen LogP contribution in [0.25, 0.3) is 88.7 Å². The van der Waals surface area contributed by atoms with Crippen molar-refractivity contribution in [1.82, 2.24) is 15.0 Å². The van der Waals surface area contributed by atoms with Crippen LogP contribution in [0.5, 0.6) is 0 Å². The van der Waals surface area contributed by atoms with Crippen molar-refractivity contribution in [3.05, 3.63) is 247 Å². The molecular weight excluding hydrogens is 739 g/mol. The van der Waals surface area contributed by atoms with Gasteiger partial charge in [-0.15, -0.1) is 0 Å². The van der Waals surface area contributed by atoms with Crippen molar-refractivity contribution in [2.24, 2.45) is 0 Å². The molecule has 284 valence electrons. The zero-order valence-corrected chi connectivity index (χ0v) is 33.2. The number of fused-ring (bicyclic) bond motifs is 9. The van der Waals surface area contributed by atoms with Crippen LogP contribution in [0.2, 0.25) is 0 Å². The standard InChI is InChI=1S/C58H37N3/c1-5-17-38(18-6-1)55-59-56(39-19-7-2-8-20-39)61-57(60-55)42-31-33-48-51-35-40(29-32-47(51)45-25-13-14-26-46(45)52(48)36-42)41-30-34-50-49-27-15-16-28-53(49)58(54(50)37-41,43-21-9-3-10-22-43)44-23-11-4-12-24-44/h1-37H. The molecular formula is C58H37N3. The van der Waals surface area contributed by atoms with E-state index in [1.165, 1.54) is 71.4 Å². The van der Waals surface area contributed by atoms with Gasteiger partial charge in [0.2, 0.25) is 0 Å². The monoisotopic (exact) mass is 775 g/mol. The molecule has 0 spiro atoms. The molecule has 0 aliphatic heterocycles. The molecule has 3 nitrogen and oxygen atoms in total. The first-order chi connectivity index (χ1) is 30.2. The van der Waals surface area contributed by atoms with Crippen LogP contribution in [0.3, 0.4) is 0 Å². The van der Waals surface area contributed by atoms with Crippen molar-refractivity contribution in [1.29, 1.82) is 0 Å². The maximum absolute atomic E-state index is 5.08. The van der Waals surface area contributed by atoms with Crippen molar-refractivity contribution >= 4 is 32.3 Å². The Balaban J connectivity index is 1.06. The zero-order valence-electron chi connectivity index (χ0n) is 33.2. The largest absolute Gasteiger partial charge is 0.208 e. The van der Waals surface area contributed by atoms with Gasteiger partial charge < -0.3 is 0 Å². The maximum Gasteiger partial charge on any atom is 0.164 e. The maximum atomic E-state index is 5.08. The topological polar surface area (TPSA) is 38.7 Å². The lowest BCUT2D eigenvalue weighted by atomic mass is 9.67. The van der Waals surface area contributed by atoms with Gasteiger partial charge in [0.25, 0.3) is 0 Å². The van der Waals surface area contributed by atoms with Crippen LogP contribution < -0.4 is 0 Å². The third-order valence-electron chi connectivity index (χ3n) is 12.6. The van der Waals surface area contributed by atoms with Crippen LogP contribution in [0.15, 0.2) is 224 Å². The Morgan fingerprint density at radius 3 is 1.25 bits per heavy atom. The highest BCUT2D eigenvalue weighted by Crippen LogP contribution is 2.56. The average Bonchev–Trinajstić information content (AvgIpc) is 3.65. The molecule has 0 atom stereocenters. The van der Waals surface area contributed by atoms with Crippen LogP contribution in [-0.2, 0) is 5.41 Å². The van der Waals surface area contributed by atoms with Crippen molar-refractivity contribution in [3.63, 3.8) is 0 Å².